The molecule has 1 aliphatic carbocycles. The van der Waals surface area contributed by atoms with E-state index < -0.39 is 23.0 Å². The standard InChI is InChI=1S/C24H39NO3SSi/c1-9-18-24(25-6,29(26,27)20-16-14-19(2)15-17-20)21-12-10-11-13-22(21)28-30(7,8)23(3,4)5/h14-17,21-22H,9-13,18H2,1-5,7-8H3. The van der Waals surface area contributed by atoms with Crippen molar-refractivity contribution in [1.82, 2.24) is 0 Å². The van der Waals surface area contributed by atoms with Crippen molar-refractivity contribution in [2.45, 2.75) is 107 Å². The summed E-state index contributed by atoms with van der Waals surface area (Å²) in [5, 5.41) is 0.0380. The molecule has 0 heterocycles. The van der Waals surface area contributed by atoms with Crippen LogP contribution < -0.4 is 0 Å². The Morgan fingerprint density at radius 3 is 2.20 bits per heavy atom. The van der Waals surface area contributed by atoms with E-state index in [1.54, 1.807) is 12.1 Å². The first-order chi connectivity index (χ1) is 13.8. The van der Waals surface area contributed by atoms with Gasteiger partial charge >= 0.3 is 4.87 Å². The summed E-state index contributed by atoms with van der Waals surface area (Å²) in [5.74, 6) is -0.302. The van der Waals surface area contributed by atoms with Crippen molar-refractivity contribution in [3.05, 3.63) is 41.2 Å². The lowest BCUT2D eigenvalue weighted by Gasteiger charge is -2.45. The molecule has 3 unspecified atom stereocenters. The normalized spacial score (nSPS) is 22.9. The summed E-state index contributed by atoms with van der Waals surface area (Å²) in [7, 11) is -5.93. The average Bonchev–Trinajstić information content (AvgIpc) is 2.66. The van der Waals surface area contributed by atoms with Crippen molar-refractivity contribution in [1.29, 1.82) is 0 Å². The largest absolute Gasteiger partial charge is 0.413 e. The minimum Gasteiger partial charge on any atom is -0.413 e. The molecule has 0 saturated heterocycles. The molecule has 0 aromatic heterocycles. The second-order valence-corrected chi connectivity index (χ2v) is 17.3. The number of rotatable bonds is 7. The maximum atomic E-state index is 13.9. The predicted molar refractivity (Wildman–Crippen MR) is 127 cm³/mol. The Bertz CT molecular complexity index is 865. The first kappa shape index (κ1) is 25.1. The molecular weight excluding hydrogens is 410 g/mol. The van der Waals surface area contributed by atoms with Crippen molar-refractivity contribution in [3.63, 3.8) is 0 Å². The SMILES string of the molecule is [C-]#[N+]C(CCC)(C1CCCCC1O[Si](C)(C)C(C)(C)C)S(=O)(=O)c1ccc(C)cc1. The van der Waals surface area contributed by atoms with E-state index in [9.17, 15) is 8.42 Å². The lowest BCUT2D eigenvalue weighted by atomic mass is 9.80. The van der Waals surface area contributed by atoms with Crippen LogP contribution in [0.2, 0.25) is 18.1 Å². The smallest absolute Gasteiger partial charge is 0.338 e. The molecule has 2 rings (SSSR count). The Hall–Kier alpha value is -1.16. The minimum atomic E-state index is -3.83. The summed E-state index contributed by atoms with van der Waals surface area (Å²) in [4.78, 5) is 2.73. The van der Waals surface area contributed by atoms with E-state index in [4.69, 9.17) is 11.0 Å². The van der Waals surface area contributed by atoms with Crippen LogP contribution in [-0.2, 0) is 14.3 Å². The highest BCUT2D eigenvalue weighted by Crippen LogP contribution is 2.48. The second kappa shape index (κ2) is 9.14. The van der Waals surface area contributed by atoms with Crippen LogP contribution in [0.3, 0.4) is 0 Å². The number of sulfone groups is 1. The molecule has 0 amide bonds. The molecule has 1 aromatic rings. The summed E-state index contributed by atoms with van der Waals surface area (Å²) < 4.78 is 34.7. The zero-order valence-corrected chi connectivity index (χ0v) is 21.6. The fourth-order valence-corrected chi connectivity index (χ4v) is 7.86. The molecule has 30 heavy (non-hydrogen) atoms. The number of aryl methyl sites for hydroxylation is 1. The van der Waals surface area contributed by atoms with Gasteiger partial charge in [0.1, 0.15) is 0 Å². The molecule has 4 nitrogen and oxygen atoms in total. The molecule has 168 valence electrons. The third-order valence-electron chi connectivity index (χ3n) is 7.13. The first-order valence-corrected chi connectivity index (χ1v) is 15.6. The molecule has 0 radical (unpaired) electrons. The topological polar surface area (TPSA) is 47.7 Å². The van der Waals surface area contributed by atoms with E-state index in [1.165, 1.54) is 0 Å². The highest BCUT2D eigenvalue weighted by molar-refractivity contribution is 7.93. The molecule has 0 spiro atoms. The summed E-state index contributed by atoms with van der Waals surface area (Å²) in [5.41, 5.74) is 1.01. The Morgan fingerprint density at radius 2 is 1.70 bits per heavy atom. The van der Waals surface area contributed by atoms with Crippen molar-refractivity contribution < 1.29 is 12.8 Å². The second-order valence-electron chi connectivity index (χ2n) is 10.3. The van der Waals surface area contributed by atoms with Gasteiger partial charge in [-0.15, -0.1) is 0 Å². The molecule has 1 saturated carbocycles. The van der Waals surface area contributed by atoms with Gasteiger partial charge in [-0.05, 0) is 56.5 Å². The highest BCUT2D eigenvalue weighted by atomic mass is 32.2. The number of benzene rings is 1. The molecule has 6 heteroatoms. The van der Waals surface area contributed by atoms with E-state index in [1.807, 2.05) is 26.0 Å². The maximum absolute atomic E-state index is 13.9. The Balaban J connectivity index is 2.57. The van der Waals surface area contributed by atoms with Gasteiger partial charge in [0.05, 0.1) is 16.9 Å². The van der Waals surface area contributed by atoms with Crippen LogP contribution in [0, 0.1) is 19.4 Å². The number of hydrogen-bond donors (Lipinski definition) is 0. The minimum absolute atomic E-state index is 0.0380. The van der Waals surface area contributed by atoms with Gasteiger partial charge in [-0.3, -0.25) is 4.85 Å². The number of nitrogens with zero attached hydrogens (tertiary/aromatic N) is 1. The van der Waals surface area contributed by atoms with Crippen LogP contribution >= 0.6 is 0 Å². The van der Waals surface area contributed by atoms with Crippen molar-refractivity contribution >= 4 is 18.2 Å². The van der Waals surface area contributed by atoms with E-state index in [0.29, 0.717) is 12.8 Å². The average molecular weight is 450 g/mol. The summed E-state index contributed by atoms with van der Waals surface area (Å²) >= 11 is 0. The van der Waals surface area contributed by atoms with Crippen LogP contribution in [-0.4, -0.2) is 27.7 Å². The van der Waals surface area contributed by atoms with E-state index in [0.717, 1.165) is 31.2 Å². The van der Waals surface area contributed by atoms with Crippen LogP contribution in [0.25, 0.3) is 4.85 Å². The van der Waals surface area contributed by atoms with Gasteiger partial charge in [-0.1, -0.05) is 58.2 Å². The van der Waals surface area contributed by atoms with Crippen molar-refractivity contribution in [2.24, 2.45) is 5.92 Å². The quantitative estimate of drug-likeness (QED) is 0.341. The van der Waals surface area contributed by atoms with E-state index in [-0.39, 0.29) is 22.0 Å². The maximum Gasteiger partial charge on any atom is 0.338 e. The molecule has 0 N–H and O–H groups in total. The van der Waals surface area contributed by atoms with Gasteiger partial charge in [0.15, 0.2) is 8.32 Å². The lowest BCUT2D eigenvalue weighted by molar-refractivity contribution is 0.0610. The Morgan fingerprint density at radius 1 is 1.13 bits per heavy atom. The van der Waals surface area contributed by atoms with Crippen LogP contribution in [0.1, 0.15) is 71.8 Å². The van der Waals surface area contributed by atoms with Gasteiger partial charge in [0.2, 0.25) is 0 Å². The zero-order chi connectivity index (χ0) is 22.8. The molecule has 0 aliphatic heterocycles. The highest BCUT2D eigenvalue weighted by Gasteiger charge is 2.60. The molecule has 3 atom stereocenters. The van der Waals surface area contributed by atoms with Crippen molar-refractivity contribution in [3.8, 4) is 0 Å². The fourth-order valence-electron chi connectivity index (χ4n) is 4.31. The van der Waals surface area contributed by atoms with E-state index >= 15 is 0 Å². The van der Waals surface area contributed by atoms with Crippen molar-refractivity contribution in [2.75, 3.05) is 0 Å². The lowest BCUT2D eigenvalue weighted by Crippen LogP contribution is -2.54. The Kier molecular flexibility index (Phi) is 7.65. The van der Waals surface area contributed by atoms with Gasteiger partial charge in [0, 0.05) is 6.42 Å². The predicted octanol–water partition coefficient (Wildman–Crippen LogP) is 6.77. The van der Waals surface area contributed by atoms with Crippen LogP contribution in [0.5, 0.6) is 0 Å². The third-order valence-corrected chi connectivity index (χ3v) is 14.1. The summed E-state index contributed by atoms with van der Waals surface area (Å²) in [6.45, 7) is 23.1. The molecule has 0 bridgehead atoms. The van der Waals surface area contributed by atoms with E-state index in [2.05, 4.69) is 38.7 Å². The zero-order valence-electron chi connectivity index (χ0n) is 19.8. The third kappa shape index (κ3) is 4.69. The van der Waals surface area contributed by atoms with Gasteiger partial charge in [0.25, 0.3) is 9.84 Å². The number of hydrogen-bond acceptors (Lipinski definition) is 3. The molecule has 1 fully saturated rings. The first-order valence-electron chi connectivity index (χ1n) is 11.2. The van der Waals surface area contributed by atoms with Gasteiger partial charge in [-0.2, -0.15) is 0 Å². The summed E-state index contributed by atoms with van der Waals surface area (Å²) in [6, 6.07) is 6.95. The molecular formula is C24H39NO3SSi. The van der Waals surface area contributed by atoms with Gasteiger partial charge in [-0.25, -0.2) is 15.0 Å². The fraction of sp³-hybridized carbons (Fsp3) is 0.708. The Labute approximate surface area is 185 Å². The molecule has 1 aliphatic rings. The van der Waals surface area contributed by atoms with Crippen LogP contribution in [0.4, 0.5) is 0 Å². The monoisotopic (exact) mass is 449 g/mol. The van der Waals surface area contributed by atoms with Crippen LogP contribution in [0.15, 0.2) is 29.2 Å². The summed E-state index contributed by atoms with van der Waals surface area (Å²) in [6.07, 6.45) is 4.35. The van der Waals surface area contributed by atoms with Gasteiger partial charge < -0.3 is 4.43 Å². The molecule has 1 aromatic carbocycles.